The number of rotatable bonds is 0. The molecule has 0 saturated carbocycles. The number of halogens is 2. The van der Waals surface area contributed by atoms with Crippen molar-refractivity contribution in [1.82, 2.24) is 0 Å². The topological polar surface area (TPSA) is 0 Å². The van der Waals surface area contributed by atoms with Crippen molar-refractivity contribution in [3.8, 4) is 0 Å². The second-order valence-electron chi connectivity index (χ2n) is 5.25. The first-order chi connectivity index (χ1) is 6.70. The summed E-state index contributed by atoms with van der Waals surface area (Å²) in [6, 6.07) is 3.95. The molecule has 3 heteroatoms. The lowest BCUT2D eigenvalue weighted by Gasteiger charge is -2.37. The van der Waals surface area contributed by atoms with Crippen molar-refractivity contribution in [3.05, 3.63) is 0 Å². The summed E-state index contributed by atoms with van der Waals surface area (Å²) >= 11 is 0. The second-order valence-corrected chi connectivity index (χ2v) is 10.1. The summed E-state index contributed by atoms with van der Waals surface area (Å²) in [5.74, 6) is 0. The molecule has 0 radical (unpaired) electrons. The van der Waals surface area contributed by atoms with E-state index in [9.17, 15) is 8.78 Å². The summed E-state index contributed by atoms with van der Waals surface area (Å²) < 4.78 is 26.8. The van der Waals surface area contributed by atoms with Crippen LogP contribution in [0.5, 0.6) is 0 Å². The fraction of sp³-hybridized carbons (Fsp3) is 1.00. The van der Waals surface area contributed by atoms with Gasteiger partial charge in [0, 0.05) is 6.42 Å². The van der Waals surface area contributed by atoms with Gasteiger partial charge in [-0.25, -0.2) is 8.78 Å². The molecule has 2 unspecified atom stereocenters. The largest absolute Gasteiger partial charge is 0.248 e. The molecule has 0 aliphatic carbocycles. The number of hydrogen-bond acceptors (Lipinski definition) is 0. The van der Waals surface area contributed by atoms with Gasteiger partial charge in [-0.3, -0.25) is 0 Å². The lowest BCUT2D eigenvalue weighted by atomic mass is 10.2. The summed E-state index contributed by atoms with van der Waals surface area (Å²) in [5.41, 5.74) is 0. The zero-order chi connectivity index (χ0) is 10.0. The van der Waals surface area contributed by atoms with Crippen LogP contribution in [0.1, 0.15) is 32.1 Å². The van der Waals surface area contributed by atoms with E-state index in [0.29, 0.717) is 0 Å². The molecule has 0 amide bonds. The van der Waals surface area contributed by atoms with Crippen LogP contribution in [0.4, 0.5) is 8.78 Å². The first-order valence-corrected chi connectivity index (χ1v) is 8.81. The Balaban J connectivity index is 2.03. The smallest absolute Gasteiger partial charge is 0.101 e. The highest BCUT2D eigenvalue weighted by molar-refractivity contribution is 6.80. The Morgan fingerprint density at radius 3 is 1.79 bits per heavy atom. The van der Waals surface area contributed by atoms with Crippen LogP contribution in [0.25, 0.3) is 0 Å². The van der Waals surface area contributed by atoms with Crippen LogP contribution >= 0.6 is 0 Å². The van der Waals surface area contributed by atoms with Crippen LogP contribution in [0.15, 0.2) is 0 Å². The van der Waals surface area contributed by atoms with E-state index in [0.717, 1.165) is 12.1 Å². The van der Waals surface area contributed by atoms with Crippen molar-refractivity contribution >= 4 is 8.07 Å². The molecule has 1 spiro atoms. The van der Waals surface area contributed by atoms with Gasteiger partial charge in [-0.1, -0.05) is 37.8 Å². The summed E-state index contributed by atoms with van der Waals surface area (Å²) in [5, 5.41) is 0. The first-order valence-electron chi connectivity index (χ1n) is 5.98. The van der Waals surface area contributed by atoms with E-state index in [2.05, 4.69) is 0 Å². The maximum absolute atomic E-state index is 13.4. The predicted molar refractivity (Wildman–Crippen MR) is 57.9 cm³/mol. The van der Waals surface area contributed by atoms with Gasteiger partial charge in [-0.15, -0.1) is 0 Å². The fourth-order valence-corrected chi connectivity index (χ4v) is 8.80. The Hall–Kier alpha value is 0.0769. The van der Waals surface area contributed by atoms with Gasteiger partial charge < -0.3 is 0 Å². The molecule has 0 N–H and O–H groups in total. The van der Waals surface area contributed by atoms with E-state index in [1.807, 2.05) is 0 Å². The lowest BCUT2D eigenvalue weighted by Crippen LogP contribution is -2.43. The molecule has 2 heterocycles. The molecule has 0 nitrogen and oxygen atoms in total. The van der Waals surface area contributed by atoms with Crippen LogP contribution in [-0.4, -0.2) is 20.4 Å². The van der Waals surface area contributed by atoms with Gasteiger partial charge in [0.2, 0.25) is 0 Å². The average molecular weight is 218 g/mol. The van der Waals surface area contributed by atoms with E-state index >= 15 is 0 Å². The Bertz CT molecular complexity index is 176. The van der Waals surface area contributed by atoms with Crippen LogP contribution in [0.3, 0.4) is 0 Å². The Kier molecular flexibility index (Phi) is 3.25. The third kappa shape index (κ3) is 2.36. The van der Waals surface area contributed by atoms with Crippen LogP contribution < -0.4 is 0 Å². The van der Waals surface area contributed by atoms with Gasteiger partial charge in [0.1, 0.15) is 12.3 Å². The van der Waals surface area contributed by atoms with Crippen molar-refractivity contribution in [2.45, 2.75) is 68.6 Å². The third-order valence-electron chi connectivity index (χ3n) is 3.98. The Morgan fingerprint density at radius 1 is 0.786 bits per heavy atom. The minimum Gasteiger partial charge on any atom is -0.248 e. The zero-order valence-electron chi connectivity index (χ0n) is 8.77. The first kappa shape index (κ1) is 10.6. The molecule has 82 valence electrons. The quantitative estimate of drug-likeness (QED) is 0.537. The van der Waals surface area contributed by atoms with Crippen molar-refractivity contribution < 1.29 is 8.78 Å². The van der Waals surface area contributed by atoms with E-state index in [1.165, 1.54) is 37.8 Å². The SMILES string of the molecule is FC1CC(F)C[Si]2(CCCCCC2)C1. The summed E-state index contributed by atoms with van der Waals surface area (Å²) in [6.45, 7) is 0. The van der Waals surface area contributed by atoms with Crippen LogP contribution in [0, 0.1) is 0 Å². The lowest BCUT2D eigenvalue weighted by molar-refractivity contribution is 0.227. The normalized spacial score (nSPS) is 38.1. The van der Waals surface area contributed by atoms with E-state index in [-0.39, 0.29) is 6.42 Å². The van der Waals surface area contributed by atoms with Gasteiger partial charge in [0.15, 0.2) is 0 Å². The zero-order valence-corrected chi connectivity index (χ0v) is 9.77. The summed E-state index contributed by atoms with van der Waals surface area (Å²) in [6.07, 6.45) is 3.63. The van der Waals surface area contributed by atoms with Gasteiger partial charge in [-0.2, -0.15) is 0 Å². The maximum Gasteiger partial charge on any atom is 0.101 e. The highest BCUT2D eigenvalue weighted by atomic mass is 28.3. The number of alkyl halides is 2. The summed E-state index contributed by atoms with van der Waals surface area (Å²) in [4.78, 5) is 0. The third-order valence-corrected chi connectivity index (χ3v) is 9.43. The molecule has 0 bridgehead atoms. The van der Waals surface area contributed by atoms with Gasteiger partial charge in [0.05, 0.1) is 8.07 Å². The molecule has 2 saturated heterocycles. The predicted octanol–water partition coefficient (Wildman–Crippen LogP) is 4.09. The van der Waals surface area contributed by atoms with E-state index < -0.39 is 20.4 Å². The van der Waals surface area contributed by atoms with Crippen molar-refractivity contribution in [3.63, 3.8) is 0 Å². The molecule has 2 fully saturated rings. The maximum atomic E-state index is 13.4. The van der Waals surface area contributed by atoms with Crippen LogP contribution in [-0.2, 0) is 0 Å². The second kappa shape index (κ2) is 4.29. The monoisotopic (exact) mass is 218 g/mol. The van der Waals surface area contributed by atoms with Crippen molar-refractivity contribution in [2.75, 3.05) is 0 Å². The average Bonchev–Trinajstić information content (AvgIpc) is 2.28. The molecule has 2 rings (SSSR count). The molecular formula is C11H20F2Si. The number of hydrogen-bond donors (Lipinski definition) is 0. The molecule has 2 aliphatic rings. The highest BCUT2D eigenvalue weighted by Gasteiger charge is 2.42. The highest BCUT2D eigenvalue weighted by Crippen LogP contribution is 2.41. The van der Waals surface area contributed by atoms with Gasteiger partial charge in [-0.05, 0) is 12.1 Å². The molecule has 2 atom stereocenters. The minimum atomic E-state index is -1.50. The van der Waals surface area contributed by atoms with Crippen molar-refractivity contribution in [2.24, 2.45) is 0 Å². The van der Waals surface area contributed by atoms with Gasteiger partial charge >= 0.3 is 0 Å². The fourth-order valence-electron chi connectivity index (χ4n) is 3.35. The van der Waals surface area contributed by atoms with E-state index in [1.54, 1.807) is 0 Å². The van der Waals surface area contributed by atoms with Crippen molar-refractivity contribution in [1.29, 1.82) is 0 Å². The molecule has 0 aromatic rings. The van der Waals surface area contributed by atoms with Crippen LogP contribution in [0.2, 0.25) is 24.2 Å². The molecular weight excluding hydrogens is 198 g/mol. The Labute approximate surface area is 86.1 Å². The standard InChI is InChI=1S/C11H20F2Si/c12-10-7-11(13)9-14(8-10)5-3-1-2-4-6-14/h10-11H,1-9H2. The van der Waals surface area contributed by atoms with Gasteiger partial charge in [0.25, 0.3) is 0 Å². The molecule has 0 aromatic heterocycles. The summed E-state index contributed by atoms with van der Waals surface area (Å²) in [7, 11) is -1.50. The van der Waals surface area contributed by atoms with E-state index in [4.69, 9.17) is 0 Å². The molecule has 2 aliphatic heterocycles. The Morgan fingerprint density at radius 2 is 1.29 bits per heavy atom. The molecule has 14 heavy (non-hydrogen) atoms. The molecule has 0 aromatic carbocycles. The minimum absolute atomic E-state index is 0.189.